The first-order chi connectivity index (χ1) is 7.92. The normalized spacial score (nSPS) is 16.2. The fourth-order valence-corrected chi connectivity index (χ4v) is 2.25. The molecule has 0 atom stereocenters. The monoisotopic (exact) mass is 212 g/mol. The van der Waals surface area contributed by atoms with Gasteiger partial charge in [-0.25, -0.2) is 0 Å². The largest absolute Gasteiger partial charge is 0.361 e. The van der Waals surface area contributed by atoms with Crippen molar-refractivity contribution in [2.24, 2.45) is 0 Å². The number of hydrogen-bond donors (Lipinski definition) is 2. The van der Waals surface area contributed by atoms with Crippen molar-refractivity contribution < 1.29 is 0 Å². The number of aromatic nitrogens is 1. The fraction of sp³-hybridized carbons (Fsp3) is 0.286. The highest BCUT2D eigenvalue weighted by atomic mass is 14.9. The van der Waals surface area contributed by atoms with Crippen LogP contribution < -0.4 is 5.32 Å². The number of aromatic amines is 1. The molecule has 2 N–H and O–H groups in total. The minimum atomic E-state index is 0.638. The molecule has 2 nitrogen and oxygen atoms in total. The topological polar surface area (TPSA) is 27.8 Å². The second kappa shape index (κ2) is 4.14. The molecule has 1 aliphatic rings. The van der Waals surface area contributed by atoms with Crippen LogP contribution in [0.3, 0.4) is 0 Å². The molecule has 0 spiro atoms. The Morgan fingerprint density at radius 1 is 1.19 bits per heavy atom. The first-order valence-corrected chi connectivity index (χ1v) is 5.86. The van der Waals surface area contributed by atoms with E-state index >= 15 is 0 Å². The van der Waals surface area contributed by atoms with E-state index in [-0.39, 0.29) is 0 Å². The second-order valence-corrected chi connectivity index (χ2v) is 4.42. The molecule has 2 heteroatoms. The SMILES string of the molecule is C1=CCC(NCc2ccc3cc[nH]c3c2)C1. The summed E-state index contributed by atoms with van der Waals surface area (Å²) in [6.45, 7) is 0.960. The molecule has 0 radical (unpaired) electrons. The summed E-state index contributed by atoms with van der Waals surface area (Å²) in [7, 11) is 0. The molecule has 0 bridgehead atoms. The van der Waals surface area contributed by atoms with Crippen LogP contribution in [-0.4, -0.2) is 11.0 Å². The predicted octanol–water partition coefficient (Wildman–Crippen LogP) is 2.98. The summed E-state index contributed by atoms with van der Waals surface area (Å²) in [6, 6.07) is 9.35. The van der Waals surface area contributed by atoms with Crippen molar-refractivity contribution in [2.75, 3.05) is 0 Å². The highest BCUT2D eigenvalue weighted by molar-refractivity contribution is 5.79. The number of rotatable bonds is 3. The number of H-pyrrole nitrogens is 1. The third-order valence-corrected chi connectivity index (χ3v) is 3.22. The molecule has 1 heterocycles. The number of benzene rings is 1. The Kier molecular flexibility index (Phi) is 2.50. The first kappa shape index (κ1) is 9.67. The highest BCUT2D eigenvalue weighted by Gasteiger charge is 2.08. The molecule has 0 saturated carbocycles. The zero-order valence-corrected chi connectivity index (χ0v) is 9.24. The third kappa shape index (κ3) is 1.89. The third-order valence-electron chi connectivity index (χ3n) is 3.22. The first-order valence-electron chi connectivity index (χ1n) is 5.86. The average molecular weight is 212 g/mol. The van der Waals surface area contributed by atoms with Gasteiger partial charge in [0.15, 0.2) is 0 Å². The summed E-state index contributed by atoms with van der Waals surface area (Å²) in [5, 5.41) is 4.86. The van der Waals surface area contributed by atoms with Crippen LogP contribution in [0.25, 0.3) is 10.9 Å². The minimum absolute atomic E-state index is 0.638. The van der Waals surface area contributed by atoms with Gasteiger partial charge in [-0.15, -0.1) is 0 Å². The Labute approximate surface area is 95.4 Å². The van der Waals surface area contributed by atoms with E-state index < -0.39 is 0 Å². The van der Waals surface area contributed by atoms with Gasteiger partial charge in [0.1, 0.15) is 0 Å². The molecular formula is C14H16N2. The van der Waals surface area contributed by atoms with Crippen LogP contribution in [0.15, 0.2) is 42.6 Å². The van der Waals surface area contributed by atoms with E-state index in [9.17, 15) is 0 Å². The van der Waals surface area contributed by atoms with Crippen LogP contribution in [0.2, 0.25) is 0 Å². The molecule has 0 fully saturated rings. The summed E-state index contributed by atoms with van der Waals surface area (Å²) < 4.78 is 0. The maximum atomic E-state index is 3.58. The summed E-state index contributed by atoms with van der Waals surface area (Å²) in [5.41, 5.74) is 2.57. The lowest BCUT2D eigenvalue weighted by atomic mass is 10.1. The molecule has 1 aromatic carbocycles. The molecule has 1 aromatic heterocycles. The van der Waals surface area contributed by atoms with Crippen molar-refractivity contribution in [3.05, 3.63) is 48.2 Å². The molecule has 82 valence electrons. The molecule has 0 aliphatic heterocycles. The highest BCUT2D eigenvalue weighted by Crippen LogP contribution is 2.15. The van der Waals surface area contributed by atoms with Gasteiger partial charge in [-0.1, -0.05) is 24.3 Å². The molecule has 0 saturated heterocycles. The Morgan fingerprint density at radius 3 is 2.94 bits per heavy atom. The zero-order valence-electron chi connectivity index (χ0n) is 9.24. The quantitative estimate of drug-likeness (QED) is 0.752. The fourth-order valence-electron chi connectivity index (χ4n) is 2.25. The lowest BCUT2D eigenvalue weighted by molar-refractivity contribution is 0.538. The van der Waals surface area contributed by atoms with Gasteiger partial charge >= 0.3 is 0 Å². The van der Waals surface area contributed by atoms with E-state index in [1.165, 1.54) is 29.3 Å². The summed E-state index contributed by atoms with van der Waals surface area (Å²) >= 11 is 0. The molecular weight excluding hydrogens is 196 g/mol. The van der Waals surface area contributed by atoms with Crippen LogP contribution in [0, 0.1) is 0 Å². The van der Waals surface area contributed by atoms with E-state index in [4.69, 9.17) is 0 Å². The van der Waals surface area contributed by atoms with Crippen molar-refractivity contribution >= 4 is 10.9 Å². The van der Waals surface area contributed by atoms with Crippen LogP contribution in [0.4, 0.5) is 0 Å². The number of fused-ring (bicyclic) bond motifs is 1. The minimum Gasteiger partial charge on any atom is -0.361 e. The molecule has 1 aliphatic carbocycles. The molecule has 0 amide bonds. The van der Waals surface area contributed by atoms with Gasteiger partial charge in [0, 0.05) is 24.3 Å². The lowest BCUT2D eigenvalue weighted by Gasteiger charge is -2.11. The molecule has 3 rings (SSSR count). The van der Waals surface area contributed by atoms with E-state index in [0.717, 1.165) is 6.54 Å². The number of hydrogen-bond acceptors (Lipinski definition) is 1. The van der Waals surface area contributed by atoms with Gasteiger partial charge in [0.25, 0.3) is 0 Å². The maximum absolute atomic E-state index is 3.58. The predicted molar refractivity (Wildman–Crippen MR) is 67.3 cm³/mol. The van der Waals surface area contributed by atoms with E-state index in [1.807, 2.05) is 6.20 Å². The van der Waals surface area contributed by atoms with Crippen molar-refractivity contribution in [2.45, 2.75) is 25.4 Å². The van der Waals surface area contributed by atoms with Gasteiger partial charge in [0.2, 0.25) is 0 Å². The Hall–Kier alpha value is -1.54. The van der Waals surface area contributed by atoms with Crippen molar-refractivity contribution in [3.8, 4) is 0 Å². The lowest BCUT2D eigenvalue weighted by Crippen LogP contribution is -2.25. The second-order valence-electron chi connectivity index (χ2n) is 4.42. The van der Waals surface area contributed by atoms with Gasteiger partial charge in [0.05, 0.1) is 0 Å². The van der Waals surface area contributed by atoms with Crippen molar-refractivity contribution in [1.29, 1.82) is 0 Å². The van der Waals surface area contributed by atoms with Gasteiger partial charge in [-0.2, -0.15) is 0 Å². The van der Waals surface area contributed by atoms with Crippen LogP contribution >= 0.6 is 0 Å². The van der Waals surface area contributed by atoms with Crippen LogP contribution in [0.1, 0.15) is 18.4 Å². The summed E-state index contributed by atoms with van der Waals surface area (Å²) in [6.07, 6.45) is 8.84. The number of nitrogens with one attached hydrogen (secondary N) is 2. The van der Waals surface area contributed by atoms with Crippen LogP contribution in [-0.2, 0) is 6.54 Å². The Balaban J connectivity index is 1.69. The average Bonchev–Trinajstić information content (AvgIpc) is 2.97. The van der Waals surface area contributed by atoms with Gasteiger partial charge < -0.3 is 10.3 Å². The standard InChI is InChI=1S/C14H16N2/c1-2-4-13(3-1)16-10-11-5-6-12-7-8-15-14(12)9-11/h1-2,5-9,13,15-16H,3-4,10H2. The Morgan fingerprint density at radius 2 is 2.06 bits per heavy atom. The summed E-state index contributed by atoms with van der Waals surface area (Å²) in [4.78, 5) is 3.25. The zero-order chi connectivity index (χ0) is 10.8. The van der Waals surface area contributed by atoms with Crippen molar-refractivity contribution in [1.82, 2.24) is 10.3 Å². The van der Waals surface area contributed by atoms with Gasteiger partial charge in [-0.05, 0) is 35.9 Å². The van der Waals surface area contributed by atoms with Gasteiger partial charge in [-0.3, -0.25) is 0 Å². The Bertz CT molecular complexity index is 502. The van der Waals surface area contributed by atoms with Crippen LogP contribution in [0.5, 0.6) is 0 Å². The van der Waals surface area contributed by atoms with Crippen molar-refractivity contribution in [3.63, 3.8) is 0 Å². The molecule has 0 unspecified atom stereocenters. The summed E-state index contributed by atoms with van der Waals surface area (Å²) in [5.74, 6) is 0. The van der Waals surface area contributed by atoms with E-state index in [2.05, 4.69) is 46.7 Å². The van der Waals surface area contributed by atoms with E-state index in [0.29, 0.717) is 6.04 Å². The molecule has 2 aromatic rings. The van der Waals surface area contributed by atoms with E-state index in [1.54, 1.807) is 0 Å². The maximum Gasteiger partial charge on any atom is 0.0457 e. The smallest absolute Gasteiger partial charge is 0.0457 e. The molecule has 16 heavy (non-hydrogen) atoms.